The molecule has 2 atom stereocenters. The number of ether oxygens (including phenoxy) is 1. The maximum absolute atomic E-state index is 5.68. The number of aliphatic imine (C=N–C) groups is 1. The molecule has 0 amide bonds. The molecule has 5 heteroatoms. The number of hydrogen-bond donors (Lipinski definition) is 2. The van der Waals surface area contributed by atoms with E-state index in [1.165, 1.54) is 0 Å². The van der Waals surface area contributed by atoms with Gasteiger partial charge in [0.2, 0.25) is 0 Å². The van der Waals surface area contributed by atoms with E-state index in [-0.39, 0.29) is 0 Å². The summed E-state index contributed by atoms with van der Waals surface area (Å²) in [5, 5.41) is 3.06. The van der Waals surface area contributed by atoms with Gasteiger partial charge in [-0.05, 0) is 20.3 Å². The molecule has 0 saturated carbocycles. The molecule has 16 heavy (non-hydrogen) atoms. The van der Waals surface area contributed by atoms with Crippen LogP contribution in [0, 0.1) is 0 Å². The molecular weight excluding hydrogens is 204 g/mol. The molecule has 0 unspecified atom stereocenters. The zero-order chi connectivity index (χ0) is 12.0. The Labute approximate surface area is 98.0 Å². The molecule has 0 spiro atoms. The van der Waals surface area contributed by atoms with Gasteiger partial charge in [0.1, 0.15) is 0 Å². The Bertz CT molecular complexity index is 222. The van der Waals surface area contributed by atoms with Gasteiger partial charge in [-0.2, -0.15) is 0 Å². The predicted octanol–water partition coefficient (Wildman–Crippen LogP) is 0.0198. The van der Waals surface area contributed by atoms with Crippen molar-refractivity contribution in [2.75, 3.05) is 33.2 Å². The summed E-state index contributed by atoms with van der Waals surface area (Å²) in [6.07, 6.45) is 1.77. The lowest BCUT2D eigenvalue weighted by molar-refractivity contribution is -0.0679. The van der Waals surface area contributed by atoms with Crippen molar-refractivity contribution in [1.29, 1.82) is 0 Å². The van der Waals surface area contributed by atoms with Gasteiger partial charge in [0, 0.05) is 33.2 Å². The van der Waals surface area contributed by atoms with Crippen LogP contribution in [0.1, 0.15) is 20.3 Å². The number of hydrogen-bond acceptors (Lipinski definition) is 3. The van der Waals surface area contributed by atoms with E-state index in [0.717, 1.165) is 32.6 Å². The Kier molecular flexibility index (Phi) is 5.55. The van der Waals surface area contributed by atoms with Gasteiger partial charge in [-0.1, -0.05) is 0 Å². The fraction of sp³-hybridized carbons (Fsp3) is 0.909. The van der Waals surface area contributed by atoms with Crippen molar-refractivity contribution in [2.45, 2.75) is 32.5 Å². The average Bonchev–Trinajstić information content (AvgIpc) is 2.22. The second-order valence-electron chi connectivity index (χ2n) is 4.41. The lowest BCUT2D eigenvalue weighted by Gasteiger charge is -2.35. The Balaban J connectivity index is 2.12. The van der Waals surface area contributed by atoms with Crippen LogP contribution in [0.5, 0.6) is 0 Å². The second-order valence-corrected chi connectivity index (χ2v) is 4.41. The van der Waals surface area contributed by atoms with E-state index >= 15 is 0 Å². The fourth-order valence-corrected chi connectivity index (χ4v) is 2.07. The molecule has 0 aromatic carbocycles. The summed E-state index contributed by atoms with van der Waals surface area (Å²) in [6, 6.07) is 0. The minimum Gasteiger partial charge on any atom is -0.373 e. The molecule has 0 bridgehead atoms. The van der Waals surface area contributed by atoms with E-state index in [2.05, 4.69) is 29.1 Å². The molecule has 1 heterocycles. The molecule has 1 saturated heterocycles. The van der Waals surface area contributed by atoms with Crippen molar-refractivity contribution in [2.24, 2.45) is 10.7 Å². The molecule has 3 N–H and O–H groups in total. The Hall–Kier alpha value is -0.810. The third-order valence-corrected chi connectivity index (χ3v) is 2.69. The van der Waals surface area contributed by atoms with Crippen molar-refractivity contribution in [3.8, 4) is 0 Å². The van der Waals surface area contributed by atoms with Crippen LogP contribution >= 0.6 is 0 Å². The predicted molar refractivity (Wildman–Crippen MR) is 66.6 cm³/mol. The molecule has 5 nitrogen and oxygen atoms in total. The van der Waals surface area contributed by atoms with Gasteiger partial charge < -0.3 is 15.8 Å². The van der Waals surface area contributed by atoms with Gasteiger partial charge in [-0.15, -0.1) is 0 Å². The minimum absolute atomic E-state index is 0.346. The molecular formula is C11H24N4O. The van der Waals surface area contributed by atoms with E-state index in [1.54, 1.807) is 7.05 Å². The first-order valence-electron chi connectivity index (χ1n) is 5.95. The molecule has 1 aliphatic rings. The van der Waals surface area contributed by atoms with E-state index in [0.29, 0.717) is 18.2 Å². The Morgan fingerprint density at radius 1 is 1.44 bits per heavy atom. The van der Waals surface area contributed by atoms with Crippen LogP contribution in [0.25, 0.3) is 0 Å². The molecule has 0 aliphatic carbocycles. The van der Waals surface area contributed by atoms with Crippen molar-refractivity contribution >= 4 is 5.96 Å². The van der Waals surface area contributed by atoms with Crippen LogP contribution in [-0.2, 0) is 4.74 Å². The van der Waals surface area contributed by atoms with Crippen LogP contribution in [0.15, 0.2) is 4.99 Å². The van der Waals surface area contributed by atoms with Gasteiger partial charge in [-0.3, -0.25) is 9.89 Å². The maximum Gasteiger partial charge on any atom is 0.188 e. The van der Waals surface area contributed by atoms with Crippen LogP contribution in [0.4, 0.5) is 0 Å². The summed E-state index contributed by atoms with van der Waals surface area (Å²) in [6.45, 7) is 8.28. The van der Waals surface area contributed by atoms with Crippen LogP contribution in [0.3, 0.4) is 0 Å². The van der Waals surface area contributed by atoms with Crippen molar-refractivity contribution in [3.63, 3.8) is 0 Å². The number of rotatable bonds is 4. The lowest BCUT2D eigenvalue weighted by Crippen LogP contribution is -2.46. The minimum atomic E-state index is 0.346. The largest absolute Gasteiger partial charge is 0.373 e. The summed E-state index contributed by atoms with van der Waals surface area (Å²) >= 11 is 0. The number of nitrogens with one attached hydrogen (secondary N) is 1. The van der Waals surface area contributed by atoms with Crippen LogP contribution in [0.2, 0.25) is 0 Å². The first kappa shape index (κ1) is 13.3. The first-order valence-corrected chi connectivity index (χ1v) is 5.95. The summed E-state index contributed by atoms with van der Waals surface area (Å²) in [7, 11) is 1.69. The molecule has 1 rings (SSSR count). The van der Waals surface area contributed by atoms with Gasteiger partial charge >= 0.3 is 0 Å². The van der Waals surface area contributed by atoms with E-state index < -0.39 is 0 Å². The average molecular weight is 228 g/mol. The molecule has 94 valence electrons. The molecule has 1 aliphatic heterocycles. The number of morpholine rings is 1. The molecule has 0 aromatic heterocycles. The molecule has 0 radical (unpaired) electrons. The summed E-state index contributed by atoms with van der Waals surface area (Å²) in [4.78, 5) is 6.29. The first-order chi connectivity index (χ1) is 7.61. The van der Waals surface area contributed by atoms with Gasteiger partial charge in [0.15, 0.2) is 5.96 Å². The summed E-state index contributed by atoms with van der Waals surface area (Å²) in [5.74, 6) is 0.517. The van der Waals surface area contributed by atoms with Gasteiger partial charge in [-0.25, -0.2) is 0 Å². The number of nitrogens with zero attached hydrogens (tertiary/aromatic N) is 2. The zero-order valence-electron chi connectivity index (χ0n) is 10.6. The van der Waals surface area contributed by atoms with Crippen LogP contribution < -0.4 is 11.1 Å². The number of guanidine groups is 1. The Morgan fingerprint density at radius 2 is 2.06 bits per heavy atom. The van der Waals surface area contributed by atoms with Crippen LogP contribution in [-0.4, -0.2) is 56.3 Å². The lowest BCUT2D eigenvalue weighted by atomic mass is 10.2. The van der Waals surface area contributed by atoms with E-state index in [4.69, 9.17) is 10.5 Å². The van der Waals surface area contributed by atoms with Crippen molar-refractivity contribution in [3.05, 3.63) is 0 Å². The topological polar surface area (TPSA) is 62.9 Å². The highest BCUT2D eigenvalue weighted by molar-refractivity contribution is 5.77. The fourth-order valence-electron chi connectivity index (χ4n) is 2.07. The quantitative estimate of drug-likeness (QED) is 0.404. The van der Waals surface area contributed by atoms with Gasteiger partial charge in [0.25, 0.3) is 0 Å². The number of nitrogens with two attached hydrogens (primary N) is 1. The van der Waals surface area contributed by atoms with Crippen molar-refractivity contribution < 1.29 is 4.74 Å². The standard InChI is InChI=1S/C11H24N4O/c1-9-7-15(8-10(2)16-9)6-4-5-14-11(12)13-3/h9-10H,4-8H2,1-3H3,(H3,12,13,14)/t9-,10-/m0/s1. The Morgan fingerprint density at radius 3 is 2.62 bits per heavy atom. The third kappa shape index (κ3) is 4.81. The smallest absolute Gasteiger partial charge is 0.188 e. The van der Waals surface area contributed by atoms with E-state index in [9.17, 15) is 0 Å². The normalized spacial score (nSPS) is 28.1. The van der Waals surface area contributed by atoms with Crippen molar-refractivity contribution in [1.82, 2.24) is 10.2 Å². The third-order valence-electron chi connectivity index (χ3n) is 2.69. The maximum atomic E-state index is 5.68. The molecule has 1 fully saturated rings. The second kappa shape index (κ2) is 6.70. The van der Waals surface area contributed by atoms with Gasteiger partial charge in [0.05, 0.1) is 12.2 Å². The monoisotopic (exact) mass is 228 g/mol. The summed E-state index contributed by atoms with van der Waals surface area (Å²) < 4.78 is 5.68. The SMILES string of the molecule is CN=C(N)NCCCN1C[C@H](C)O[C@@H](C)C1. The zero-order valence-corrected chi connectivity index (χ0v) is 10.6. The highest BCUT2D eigenvalue weighted by Gasteiger charge is 2.21. The molecule has 0 aromatic rings. The highest BCUT2D eigenvalue weighted by Crippen LogP contribution is 2.10. The highest BCUT2D eigenvalue weighted by atomic mass is 16.5. The summed E-state index contributed by atoms with van der Waals surface area (Å²) in [5.41, 5.74) is 5.54. The van der Waals surface area contributed by atoms with E-state index in [1.807, 2.05) is 0 Å².